The van der Waals surface area contributed by atoms with Gasteiger partial charge < -0.3 is 9.64 Å². The Balaban J connectivity index is 1.80. The van der Waals surface area contributed by atoms with Gasteiger partial charge in [-0.05, 0) is 37.1 Å². The Morgan fingerprint density at radius 2 is 1.95 bits per heavy atom. The van der Waals surface area contributed by atoms with Crippen molar-refractivity contribution in [2.45, 2.75) is 25.7 Å². The van der Waals surface area contributed by atoms with Crippen LogP contribution in [0.4, 0.5) is 5.95 Å². The number of rotatable bonds is 2. The van der Waals surface area contributed by atoms with Gasteiger partial charge >= 0.3 is 0 Å². The standard InChI is InChI=1S/C16H19N3OS/c1-2-5-13-12(4-1)15(14-6-3-11-21-14)18-16(17-13)19-7-9-20-10-8-19/h3,6,11H,1-2,4-5,7-10H2. The highest BCUT2D eigenvalue weighted by Gasteiger charge is 2.22. The summed E-state index contributed by atoms with van der Waals surface area (Å²) in [4.78, 5) is 13.3. The van der Waals surface area contributed by atoms with Gasteiger partial charge in [0.05, 0.1) is 23.8 Å². The molecule has 1 fully saturated rings. The molecule has 1 aliphatic carbocycles. The molecule has 0 spiro atoms. The minimum Gasteiger partial charge on any atom is -0.378 e. The molecular weight excluding hydrogens is 282 g/mol. The molecule has 0 radical (unpaired) electrons. The molecule has 2 aromatic heterocycles. The molecule has 0 atom stereocenters. The maximum atomic E-state index is 5.44. The van der Waals surface area contributed by atoms with Gasteiger partial charge in [0.2, 0.25) is 5.95 Å². The van der Waals surface area contributed by atoms with Gasteiger partial charge in [0.25, 0.3) is 0 Å². The van der Waals surface area contributed by atoms with Crippen molar-refractivity contribution in [2.24, 2.45) is 0 Å². The maximum absolute atomic E-state index is 5.44. The van der Waals surface area contributed by atoms with Gasteiger partial charge in [0.15, 0.2) is 0 Å². The number of morpholine rings is 1. The minimum atomic E-state index is 0.773. The molecule has 5 heteroatoms. The highest BCUT2D eigenvalue weighted by molar-refractivity contribution is 7.13. The lowest BCUT2D eigenvalue weighted by Gasteiger charge is -2.28. The molecule has 4 rings (SSSR count). The van der Waals surface area contributed by atoms with E-state index >= 15 is 0 Å². The van der Waals surface area contributed by atoms with Crippen LogP contribution < -0.4 is 4.90 Å². The molecule has 1 aliphatic heterocycles. The number of aryl methyl sites for hydroxylation is 1. The third-order valence-corrected chi connectivity index (χ3v) is 5.10. The molecule has 0 amide bonds. The fourth-order valence-corrected chi connectivity index (χ4v) is 3.84. The summed E-state index contributed by atoms with van der Waals surface area (Å²) >= 11 is 1.77. The smallest absolute Gasteiger partial charge is 0.226 e. The molecule has 2 aliphatic rings. The van der Waals surface area contributed by atoms with Crippen molar-refractivity contribution < 1.29 is 4.74 Å². The van der Waals surface area contributed by atoms with Gasteiger partial charge in [0.1, 0.15) is 0 Å². The first-order chi connectivity index (χ1) is 10.4. The topological polar surface area (TPSA) is 38.2 Å². The Morgan fingerprint density at radius 3 is 2.76 bits per heavy atom. The molecular formula is C16H19N3OS. The van der Waals surface area contributed by atoms with Crippen LogP contribution in [0, 0.1) is 0 Å². The molecule has 0 unspecified atom stereocenters. The molecule has 0 bridgehead atoms. The summed E-state index contributed by atoms with van der Waals surface area (Å²) in [6.45, 7) is 3.33. The predicted molar refractivity (Wildman–Crippen MR) is 85.0 cm³/mol. The van der Waals surface area contributed by atoms with Gasteiger partial charge in [-0.3, -0.25) is 0 Å². The van der Waals surface area contributed by atoms with Crippen molar-refractivity contribution >= 4 is 17.3 Å². The van der Waals surface area contributed by atoms with Crippen molar-refractivity contribution in [2.75, 3.05) is 31.2 Å². The molecule has 3 heterocycles. The van der Waals surface area contributed by atoms with E-state index in [2.05, 4.69) is 22.4 Å². The number of hydrogen-bond donors (Lipinski definition) is 0. The molecule has 110 valence electrons. The molecule has 21 heavy (non-hydrogen) atoms. The quantitative estimate of drug-likeness (QED) is 0.855. The Labute approximate surface area is 128 Å². The fraction of sp³-hybridized carbons (Fsp3) is 0.500. The van der Waals surface area contributed by atoms with Crippen LogP contribution in [0.15, 0.2) is 17.5 Å². The Kier molecular flexibility index (Phi) is 3.61. The lowest BCUT2D eigenvalue weighted by molar-refractivity contribution is 0.122. The second-order valence-corrected chi connectivity index (χ2v) is 6.53. The summed E-state index contributed by atoms with van der Waals surface area (Å²) in [7, 11) is 0. The van der Waals surface area contributed by atoms with E-state index in [9.17, 15) is 0 Å². The van der Waals surface area contributed by atoms with Crippen molar-refractivity contribution in [1.29, 1.82) is 0 Å². The fourth-order valence-electron chi connectivity index (χ4n) is 3.10. The summed E-state index contributed by atoms with van der Waals surface area (Å²) in [5, 5.41) is 2.13. The number of fused-ring (bicyclic) bond motifs is 1. The summed E-state index contributed by atoms with van der Waals surface area (Å²) in [6.07, 6.45) is 4.71. The largest absolute Gasteiger partial charge is 0.378 e. The molecule has 0 aromatic carbocycles. The molecule has 1 saturated heterocycles. The van der Waals surface area contributed by atoms with Crippen LogP contribution in [0.2, 0.25) is 0 Å². The lowest BCUT2D eigenvalue weighted by Crippen LogP contribution is -2.37. The number of aromatic nitrogens is 2. The predicted octanol–water partition coefficient (Wildman–Crippen LogP) is 2.92. The Morgan fingerprint density at radius 1 is 1.10 bits per heavy atom. The molecule has 4 nitrogen and oxygen atoms in total. The van der Waals surface area contributed by atoms with E-state index in [-0.39, 0.29) is 0 Å². The average Bonchev–Trinajstić information content (AvgIpc) is 3.09. The van der Waals surface area contributed by atoms with E-state index in [1.807, 2.05) is 0 Å². The van der Waals surface area contributed by atoms with E-state index in [1.54, 1.807) is 11.3 Å². The van der Waals surface area contributed by atoms with E-state index < -0.39 is 0 Å². The number of anilines is 1. The normalized spacial score (nSPS) is 18.6. The third kappa shape index (κ3) is 2.56. The van der Waals surface area contributed by atoms with Gasteiger partial charge in [-0.2, -0.15) is 0 Å². The van der Waals surface area contributed by atoms with Crippen LogP contribution in [-0.4, -0.2) is 36.3 Å². The highest BCUT2D eigenvalue weighted by Crippen LogP contribution is 2.33. The van der Waals surface area contributed by atoms with E-state index in [4.69, 9.17) is 14.7 Å². The van der Waals surface area contributed by atoms with Crippen LogP contribution >= 0.6 is 11.3 Å². The number of ether oxygens (including phenoxy) is 1. The average molecular weight is 301 g/mol. The second-order valence-electron chi connectivity index (χ2n) is 5.58. The SMILES string of the molecule is c1csc(-c2nc(N3CCOCC3)nc3c2CCCC3)c1. The molecule has 2 aromatic rings. The summed E-state index contributed by atoms with van der Waals surface area (Å²) in [5.41, 5.74) is 3.80. The number of hydrogen-bond acceptors (Lipinski definition) is 5. The van der Waals surface area contributed by atoms with Crippen molar-refractivity contribution in [3.8, 4) is 10.6 Å². The summed E-state index contributed by atoms with van der Waals surface area (Å²) in [6, 6.07) is 4.27. The first-order valence-electron chi connectivity index (χ1n) is 7.68. The van der Waals surface area contributed by atoms with E-state index in [0.717, 1.165) is 50.8 Å². The molecule has 0 N–H and O–H groups in total. The monoisotopic (exact) mass is 301 g/mol. The second kappa shape index (κ2) is 5.73. The number of thiophene rings is 1. The zero-order chi connectivity index (χ0) is 14.1. The first kappa shape index (κ1) is 13.2. The summed E-state index contributed by atoms with van der Waals surface area (Å²) < 4.78 is 5.44. The van der Waals surface area contributed by atoms with Crippen molar-refractivity contribution in [3.63, 3.8) is 0 Å². The van der Waals surface area contributed by atoms with Crippen molar-refractivity contribution in [3.05, 3.63) is 28.8 Å². The zero-order valence-corrected chi connectivity index (χ0v) is 12.9. The van der Waals surface area contributed by atoms with Crippen LogP contribution in [0.1, 0.15) is 24.1 Å². The summed E-state index contributed by atoms with van der Waals surface area (Å²) in [5.74, 6) is 0.891. The zero-order valence-electron chi connectivity index (χ0n) is 12.0. The van der Waals surface area contributed by atoms with Crippen LogP contribution in [-0.2, 0) is 17.6 Å². The van der Waals surface area contributed by atoms with E-state index in [0.29, 0.717) is 0 Å². The van der Waals surface area contributed by atoms with Crippen LogP contribution in [0.25, 0.3) is 10.6 Å². The van der Waals surface area contributed by atoms with Gasteiger partial charge in [-0.15, -0.1) is 11.3 Å². The van der Waals surface area contributed by atoms with Gasteiger partial charge in [-0.25, -0.2) is 9.97 Å². The maximum Gasteiger partial charge on any atom is 0.226 e. The van der Waals surface area contributed by atoms with Gasteiger partial charge in [0, 0.05) is 24.3 Å². The number of nitrogens with zero attached hydrogens (tertiary/aromatic N) is 3. The van der Waals surface area contributed by atoms with Crippen molar-refractivity contribution in [1.82, 2.24) is 9.97 Å². The lowest BCUT2D eigenvalue weighted by atomic mass is 9.94. The minimum absolute atomic E-state index is 0.773. The molecule has 0 saturated carbocycles. The third-order valence-electron chi connectivity index (χ3n) is 4.22. The van der Waals surface area contributed by atoms with Crippen LogP contribution in [0.5, 0.6) is 0 Å². The van der Waals surface area contributed by atoms with E-state index in [1.165, 1.54) is 29.0 Å². The Hall–Kier alpha value is -1.46. The van der Waals surface area contributed by atoms with Crippen LogP contribution in [0.3, 0.4) is 0 Å². The van der Waals surface area contributed by atoms with Gasteiger partial charge in [-0.1, -0.05) is 6.07 Å². The first-order valence-corrected chi connectivity index (χ1v) is 8.56. The highest BCUT2D eigenvalue weighted by atomic mass is 32.1. The Bertz CT molecular complexity index is 621.